The van der Waals surface area contributed by atoms with Gasteiger partial charge in [-0.2, -0.15) is 0 Å². The molecular weight excluding hydrogens is 280 g/mol. The third-order valence-corrected chi connectivity index (χ3v) is 4.57. The summed E-state index contributed by atoms with van der Waals surface area (Å²) < 4.78 is 0. The zero-order valence-electron chi connectivity index (χ0n) is 12.4. The van der Waals surface area contributed by atoms with Crippen LogP contribution in [-0.2, 0) is 6.54 Å². The smallest absolute Gasteiger partial charge is 0.0455 e. The number of hydrogen-bond acceptors (Lipinski definition) is 2. The SMILES string of the molecule is Cc1c(Cl)cccc1NCc1ccc(N2CCCC2)cc1. The van der Waals surface area contributed by atoms with Crippen LogP contribution in [0.3, 0.4) is 0 Å². The first-order valence-electron chi connectivity index (χ1n) is 7.57. The number of nitrogens with zero attached hydrogens (tertiary/aromatic N) is 1. The predicted octanol–water partition coefficient (Wildman–Crippen LogP) is 4.86. The Morgan fingerprint density at radius 2 is 1.76 bits per heavy atom. The van der Waals surface area contributed by atoms with Gasteiger partial charge in [0.05, 0.1) is 0 Å². The maximum atomic E-state index is 6.14. The quantitative estimate of drug-likeness (QED) is 0.867. The van der Waals surface area contributed by atoms with Gasteiger partial charge >= 0.3 is 0 Å². The Balaban J connectivity index is 1.64. The van der Waals surface area contributed by atoms with Crippen LogP contribution in [0.15, 0.2) is 42.5 Å². The summed E-state index contributed by atoms with van der Waals surface area (Å²) in [7, 11) is 0. The Morgan fingerprint density at radius 1 is 1.05 bits per heavy atom. The molecule has 0 bridgehead atoms. The number of hydrogen-bond donors (Lipinski definition) is 1. The molecule has 2 nitrogen and oxygen atoms in total. The van der Waals surface area contributed by atoms with Crippen LogP contribution < -0.4 is 10.2 Å². The summed E-state index contributed by atoms with van der Waals surface area (Å²) >= 11 is 6.14. The van der Waals surface area contributed by atoms with E-state index in [1.807, 2.05) is 19.1 Å². The summed E-state index contributed by atoms with van der Waals surface area (Å²) in [6.07, 6.45) is 2.63. The van der Waals surface area contributed by atoms with Gasteiger partial charge in [0.15, 0.2) is 0 Å². The third-order valence-electron chi connectivity index (χ3n) is 4.16. The molecule has 1 aliphatic heterocycles. The Kier molecular flexibility index (Phi) is 4.35. The van der Waals surface area contributed by atoms with Crippen LogP contribution in [0, 0.1) is 6.92 Å². The van der Waals surface area contributed by atoms with E-state index in [0.29, 0.717) is 0 Å². The molecule has 1 heterocycles. The van der Waals surface area contributed by atoms with E-state index in [1.165, 1.54) is 37.2 Å². The molecule has 3 rings (SSSR count). The lowest BCUT2D eigenvalue weighted by Gasteiger charge is -2.18. The maximum absolute atomic E-state index is 6.14. The van der Waals surface area contributed by atoms with Gasteiger partial charge in [0.1, 0.15) is 0 Å². The van der Waals surface area contributed by atoms with Gasteiger partial charge < -0.3 is 10.2 Å². The molecule has 0 aromatic heterocycles. The Labute approximate surface area is 131 Å². The molecule has 0 aliphatic carbocycles. The lowest BCUT2D eigenvalue weighted by atomic mass is 10.1. The Morgan fingerprint density at radius 3 is 2.48 bits per heavy atom. The third kappa shape index (κ3) is 3.33. The normalized spacial score (nSPS) is 14.5. The van der Waals surface area contributed by atoms with E-state index in [1.54, 1.807) is 0 Å². The zero-order chi connectivity index (χ0) is 14.7. The molecule has 110 valence electrons. The summed E-state index contributed by atoms with van der Waals surface area (Å²) in [6.45, 7) is 5.25. The van der Waals surface area contributed by atoms with Gasteiger partial charge in [-0.25, -0.2) is 0 Å². The molecular formula is C18H21ClN2. The molecule has 0 saturated carbocycles. The van der Waals surface area contributed by atoms with Crippen LogP contribution in [0.25, 0.3) is 0 Å². The van der Waals surface area contributed by atoms with E-state index in [4.69, 9.17) is 11.6 Å². The molecule has 21 heavy (non-hydrogen) atoms. The van der Waals surface area contributed by atoms with Crippen molar-refractivity contribution < 1.29 is 0 Å². The fraction of sp³-hybridized carbons (Fsp3) is 0.333. The molecule has 1 saturated heterocycles. The summed E-state index contributed by atoms with van der Waals surface area (Å²) in [5, 5.41) is 4.27. The molecule has 2 aromatic carbocycles. The molecule has 0 amide bonds. The first-order chi connectivity index (χ1) is 10.2. The van der Waals surface area contributed by atoms with Crippen molar-refractivity contribution in [2.75, 3.05) is 23.3 Å². The van der Waals surface area contributed by atoms with Crippen molar-refractivity contribution in [3.8, 4) is 0 Å². The van der Waals surface area contributed by atoms with Crippen LogP contribution in [0.5, 0.6) is 0 Å². The highest BCUT2D eigenvalue weighted by molar-refractivity contribution is 6.31. The lowest BCUT2D eigenvalue weighted by molar-refractivity contribution is 0.949. The molecule has 2 aromatic rings. The lowest BCUT2D eigenvalue weighted by Crippen LogP contribution is -2.17. The molecule has 0 spiro atoms. The van der Waals surface area contributed by atoms with Gasteiger partial charge in [-0.15, -0.1) is 0 Å². The summed E-state index contributed by atoms with van der Waals surface area (Å²) in [4.78, 5) is 2.46. The van der Waals surface area contributed by atoms with Crippen molar-refractivity contribution in [2.24, 2.45) is 0 Å². The summed E-state index contributed by atoms with van der Waals surface area (Å²) in [6, 6.07) is 14.8. The molecule has 0 atom stereocenters. The van der Waals surface area contributed by atoms with Crippen LogP contribution in [0.1, 0.15) is 24.0 Å². The van der Waals surface area contributed by atoms with E-state index < -0.39 is 0 Å². The van der Waals surface area contributed by atoms with E-state index in [0.717, 1.165) is 22.8 Å². The van der Waals surface area contributed by atoms with Crippen LogP contribution >= 0.6 is 11.6 Å². The van der Waals surface area contributed by atoms with Crippen molar-refractivity contribution in [1.82, 2.24) is 0 Å². The molecule has 1 aliphatic rings. The molecule has 1 N–H and O–H groups in total. The van der Waals surface area contributed by atoms with E-state index in [9.17, 15) is 0 Å². The second kappa shape index (κ2) is 6.40. The van der Waals surface area contributed by atoms with Gasteiger partial charge in [-0.05, 0) is 55.2 Å². The molecule has 0 unspecified atom stereocenters. The fourth-order valence-electron chi connectivity index (χ4n) is 2.80. The highest BCUT2D eigenvalue weighted by Crippen LogP contribution is 2.24. The minimum absolute atomic E-state index is 0.810. The van der Waals surface area contributed by atoms with Crippen LogP contribution in [0.2, 0.25) is 5.02 Å². The van der Waals surface area contributed by atoms with Crippen molar-refractivity contribution >= 4 is 23.0 Å². The van der Waals surface area contributed by atoms with Gasteiger partial charge in [0, 0.05) is 36.0 Å². The monoisotopic (exact) mass is 300 g/mol. The Hall–Kier alpha value is -1.67. The standard InChI is InChI=1S/C18H21ClN2/c1-14-17(19)5-4-6-18(14)20-13-15-7-9-16(10-8-15)21-11-2-3-12-21/h4-10,20H,2-3,11-13H2,1H3. The van der Waals surface area contributed by atoms with Gasteiger partial charge in [-0.1, -0.05) is 29.8 Å². The van der Waals surface area contributed by atoms with Crippen LogP contribution in [-0.4, -0.2) is 13.1 Å². The summed E-state index contributed by atoms with van der Waals surface area (Å²) in [5.41, 5.74) is 4.84. The number of nitrogens with one attached hydrogen (secondary N) is 1. The van der Waals surface area contributed by atoms with Crippen molar-refractivity contribution in [1.29, 1.82) is 0 Å². The maximum Gasteiger partial charge on any atom is 0.0455 e. The minimum Gasteiger partial charge on any atom is -0.381 e. The van der Waals surface area contributed by atoms with Crippen molar-refractivity contribution in [3.05, 3.63) is 58.6 Å². The molecule has 0 radical (unpaired) electrons. The average Bonchev–Trinajstić information content (AvgIpc) is 3.04. The number of halogens is 1. The second-order valence-corrected chi connectivity index (χ2v) is 6.03. The number of anilines is 2. The highest BCUT2D eigenvalue weighted by Gasteiger charge is 2.11. The number of benzene rings is 2. The summed E-state index contributed by atoms with van der Waals surface area (Å²) in [5.74, 6) is 0. The van der Waals surface area contributed by atoms with E-state index in [-0.39, 0.29) is 0 Å². The predicted molar refractivity (Wildman–Crippen MR) is 91.4 cm³/mol. The topological polar surface area (TPSA) is 15.3 Å². The van der Waals surface area contributed by atoms with Gasteiger partial charge in [0.25, 0.3) is 0 Å². The van der Waals surface area contributed by atoms with Gasteiger partial charge in [0.2, 0.25) is 0 Å². The number of rotatable bonds is 4. The second-order valence-electron chi connectivity index (χ2n) is 5.63. The van der Waals surface area contributed by atoms with E-state index in [2.05, 4.69) is 40.5 Å². The first kappa shape index (κ1) is 14.3. The minimum atomic E-state index is 0.810. The van der Waals surface area contributed by atoms with E-state index >= 15 is 0 Å². The largest absolute Gasteiger partial charge is 0.381 e. The molecule has 1 fully saturated rings. The molecule has 3 heteroatoms. The van der Waals surface area contributed by atoms with Gasteiger partial charge in [-0.3, -0.25) is 0 Å². The van der Waals surface area contributed by atoms with Crippen molar-refractivity contribution in [2.45, 2.75) is 26.3 Å². The Bertz CT molecular complexity index is 601. The van der Waals surface area contributed by atoms with Crippen molar-refractivity contribution in [3.63, 3.8) is 0 Å². The first-order valence-corrected chi connectivity index (χ1v) is 7.95. The van der Waals surface area contributed by atoms with Crippen LogP contribution in [0.4, 0.5) is 11.4 Å². The average molecular weight is 301 g/mol. The highest BCUT2D eigenvalue weighted by atomic mass is 35.5. The zero-order valence-corrected chi connectivity index (χ0v) is 13.2. The fourth-order valence-corrected chi connectivity index (χ4v) is 2.97.